The number of rotatable bonds is 4. The Morgan fingerprint density at radius 2 is 1.92 bits per heavy atom. The van der Waals surface area contributed by atoms with Gasteiger partial charge in [-0.25, -0.2) is 12.8 Å². The lowest BCUT2D eigenvalue weighted by Crippen LogP contribution is -2.13. The maximum absolute atomic E-state index is 13.3. The van der Waals surface area contributed by atoms with E-state index < -0.39 is 26.3 Å². The van der Waals surface area contributed by atoms with E-state index in [1.807, 2.05) is 0 Å². The summed E-state index contributed by atoms with van der Waals surface area (Å²) in [6, 6.07) is 7.00. The molecule has 0 N–H and O–H groups in total. The summed E-state index contributed by atoms with van der Waals surface area (Å²) >= 11 is 5.69. The zero-order valence-electron chi connectivity index (χ0n) is 12.1. The maximum atomic E-state index is 13.3. The van der Waals surface area contributed by atoms with Crippen LogP contribution in [0.4, 0.5) is 13.2 Å². The Kier molecular flexibility index (Phi) is 5.06. The molecule has 0 unspecified atom stereocenters. The summed E-state index contributed by atoms with van der Waals surface area (Å²) in [4.78, 5) is -0.668. The Hall–Kier alpha value is -2.24. The summed E-state index contributed by atoms with van der Waals surface area (Å²) in [6.45, 7) is 1.21. The lowest BCUT2D eigenvalue weighted by atomic mass is 10.1. The standard InChI is InChI=1S/C15H9ClF3NO3S/c1-8-12(7-20)13(2-3-14(8)24(21,22)15(18)19)23-11-5-9(16)4-10(17)6-11/h2-6,15H,1H3. The van der Waals surface area contributed by atoms with Crippen molar-refractivity contribution in [3.05, 3.63) is 52.3 Å². The highest BCUT2D eigenvalue weighted by molar-refractivity contribution is 7.91. The van der Waals surface area contributed by atoms with E-state index in [1.54, 1.807) is 6.07 Å². The number of benzene rings is 2. The van der Waals surface area contributed by atoms with Crippen LogP contribution in [0, 0.1) is 24.1 Å². The van der Waals surface area contributed by atoms with Gasteiger partial charge in [-0.05, 0) is 36.8 Å². The molecule has 0 atom stereocenters. The Bertz CT molecular complexity index is 919. The predicted octanol–water partition coefficient (Wildman–Crippen LogP) is 4.45. The van der Waals surface area contributed by atoms with E-state index in [4.69, 9.17) is 16.3 Å². The number of alkyl halides is 2. The van der Waals surface area contributed by atoms with Crippen LogP contribution in [0.1, 0.15) is 11.1 Å². The van der Waals surface area contributed by atoms with Crippen molar-refractivity contribution in [2.75, 3.05) is 0 Å². The lowest BCUT2D eigenvalue weighted by molar-refractivity contribution is 0.234. The highest BCUT2D eigenvalue weighted by Crippen LogP contribution is 2.33. The molecule has 0 amide bonds. The second kappa shape index (κ2) is 6.71. The molecule has 9 heteroatoms. The Balaban J connectivity index is 2.54. The van der Waals surface area contributed by atoms with Crippen LogP contribution in [0.5, 0.6) is 11.5 Å². The van der Waals surface area contributed by atoms with Crippen molar-refractivity contribution in [2.24, 2.45) is 0 Å². The van der Waals surface area contributed by atoms with Crippen molar-refractivity contribution in [1.29, 1.82) is 5.26 Å². The number of sulfone groups is 1. The van der Waals surface area contributed by atoms with Crippen molar-refractivity contribution < 1.29 is 26.3 Å². The van der Waals surface area contributed by atoms with Gasteiger partial charge in [-0.15, -0.1) is 0 Å². The molecule has 0 saturated carbocycles. The molecule has 0 radical (unpaired) electrons. The first-order valence-electron chi connectivity index (χ1n) is 6.36. The highest BCUT2D eigenvalue weighted by Gasteiger charge is 2.30. The van der Waals surface area contributed by atoms with E-state index in [9.17, 15) is 26.9 Å². The summed E-state index contributed by atoms with van der Waals surface area (Å²) in [5, 5.41) is 9.26. The molecule has 0 bridgehead atoms. The molecule has 0 aliphatic carbocycles. The SMILES string of the molecule is Cc1c(S(=O)(=O)C(F)F)ccc(Oc2cc(F)cc(Cl)c2)c1C#N. The zero-order valence-corrected chi connectivity index (χ0v) is 13.6. The van der Waals surface area contributed by atoms with Crippen LogP contribution in [0.2, 0.25) is 5.02 Å². The average molecular weight is 376 g/mol. The van der Waals surface area contributed by atoms with Crippen LogP contribution in [0.15, 0.2) is 35.2 Å². The van der Waals surface area contributed by atoms with E-state index in [2.05, 4.69) is 0 Å². The Morgan fingerprint density at radius 3 is 2.46 bits per heavy atom. The monoisotopic (exact) mass is 375 g/mol. The minimum absolute atomic E-state index is 0.0274. The molecule has 0 aliphatic heterocycles. The third-order valence-corrected chi connectivity index (χ3v) is 4.84. The number of ether oxygens (including phenoxy) is 1. The molecule has 0 saturated heterocycles. The predicted molar refractivity (Wildman–Crippen MR) is 80.6 cm³/mol. The van der Waals surface area contributed by atoms with Gasteiger partial charge in [0.15, 0.2) is 0 Å². The van der Waals surface area contributed by atoms with Crippen molar-refractivity contribution in [3.8, 4) is 17.6 Å². The van der Waals surface area contributed by atoms with Gasteiger partial charge in [0.25, 0.3) is 0 Å². The van der Waals surface area contributed by atoms with Gasteiger partial charge in [0.1, 0.15) is 23.4 Å². The lowest BCUT2D eigenvalue weighted by Gasteiger charge is -2.13. The van der Waals surface area contributed by atoms with Gasteiger partial charge < -0.3 is 4.74 Å². The Morgan fingerprint density at radius 1 is 1.25 bits per heavy atom. The van der Waals surface area contributed by atoms with Crippen LogP contribution in [0.3, 0.4) is 0 Å². The molecule has 126 valence electrons. The highest BCUT2D eigenvalue weighted by atomic mass is 35.5. The molecule has 0 spiro atoms. The first kappa shape index (κ1) is 18.1. The van der Waals surface area contributed by atoms with E-state index in [0.717, 1.165) is 24.3 Å². The number of halogens is 4. The minimum Gasteiger partial charge on any atom is -0.456 e. The summed E-state index contributed by atoms with van der Waals surface area (Å²) in [6.07, 6.45) is 0. The third kappa shape index (κ3) is 3.47. The van der Waals surface area contributed by atoms with Crippen LogP contribution in [-0.2, 0) is 9.84 Å². The molecule has 0 heterocycles. The molecular formula is C15H9ClF3NO3S. The van der Waals surface area contributed by atoms with Crippen LogP contribution >= 0.6 is 11.6 Å². The topological polar surface area (TPSA) is 67.2 Å². The van der Waals surface area contributed by atoms with E-state index in [0.29, 0.717) is 0 Å². The molecule has 24 heavy (non-hydrogen) atoms. The number of nitriles is 1. The average Bonchev–Trinajstić information content (AvgIpc) is 2.46. The first-order valence-corrected chi connectivity index (χ1v) is 8.29. The van der Waals surface area contributed by atoms with Crippen molar-refractivity contribution >= 4 is 21.4 Å². The summed E-state index contributed by atoms with van der Waals surface area (Å²) < 4.78 is 67.3. The molecular weight excluding hydrogens is 367 g/mol. The Labute approximate surface area is 141 Å². The smallest absolute Gasteiger partial charge is 0.341 e. The van der Waals surface area contributed by atoms with Crippen LogP contribution in [-0.4, -0.2) is 14.2 Å². The van der Waals surface area contributed by atoms with Gasteiger partial charge in [-0.2, -0.15) is 14.0 Å². The molecule has 2 rings (SSSR count). The summed E-state index contributed by atoms with van der Waals surface area (Å²) in [5.41, 5.74) is -0.435. The van der Waals surface area contributed by atoms with E-state index in [1.165, 1.54) is 13.0 Å². The van der Waals surface area contributed by atoms with Gasteiger partial charge in [-0.1, -0.05) is 11.6 Å². The fourth-order valence-corrected chi connectivity index (χ4v) is 3.20. The quantitative estimate of drug-likeness (QED) is 0.791. The number of hydrogen-bond donors (Lipinski definition) is 0. The summed E-state index contributed by atoms with van der Waals surface area (Å²) in [7, 11) is -4.86. The molecule has 0 aromatic heterocycles. The van der Waals surface area contributed by atoms with E-state index >= 15 is 0 Å². The van der Waals surface area contributed by atoms with Gasteiger partial charge in [0.2, 0.25) is 9.84 Å². The molecule has 0 aliphatic rings. The molecule has 2 aromatic rings. The fourth-order valence-electron chi connectivity index (χ4n) is 2.01. The molecule has 2 aromatic carbocycles. The first-order chi connectivity index (χ1) is 11.2. The fraction of sp³-hybridized carbons (Fsp3) is 0.133. The second-order valence-corrected chi connectivity index (χ2v) is 7.01. The van der Waals surface area contributed by atoms with Gasteiger partial charge >= 0.3 is 5.76 Å². The number of hydrogen-bond acceptors (Lipinski definition) is 4. The van der Waals surface area contributed by atoms with Gasteiger partial charge in [0.05, 0.1) is 10.5 Å². The number of nitrogens with zero attached hydrogens (tertiary/aromatic N) is 1. The molecule has 0 fully saturated rings. The maximum Gasteiger partial charge on any atom is 0.341 e. The van der Waals surface area contributed by atoms with E-state index in [-0.39, 0.29) is 27.6 Å². The van der Waals surface area contributed by atoms with Crippen molar-refractivity contribution in [2.45, 2.75) is 17.6 Å². The van der Waals surface area contributed by atoms with Crippen molar-refractivity contribution in [1.82, 2.24) is 0 Å². The normalized spacial score (nSPS) is 11.4. The van der Waals surface area contributed by atoms with Crippen LogP contribution in [0.25, 0.3) is 0 Å². The minimum atomic E-state index is -4.86. The van der Waals surface area contributed by atoms with Crippen molar-refractivity contribution in [3.63, 3.8) is 0 Å². The largest absolute Gasteiger partial charge is 0.456 e. The van der Waals surface area contributed by atoms with Gasteiger partial charge in [0, 0.05) is 11.1 Å². The second-order valence-electron chi connectivity index (χ2n) is 4.69. The zero-order chi connectivity index (χ0) is 18.1. The summed E-state index contributed by atoms with van der Waals surface area (Å²) in [5.74, 6) is -4.42. The third-order valence-electron chi connectivity index (χ3n) is 3.09. The molecule has 4 nitrogen and oxygen atoms in total. The van der Waals surface area contributed by atoms with Crippen LogP contribution < -0.4 is 4.74 Å². The van der Waals surface area contributed by atoms with Gasteiger partial charge in [-0.3, -0.25) is 0 Å².